The molecule has 7 nitrogen and oxygen atoms in total. The van der Waals surface area contributed by atoms with E-state index in [1.54, 1.807) is 4.90 Å². The molecule has 0 bridgehead atoms. The van der Waals surface area contributed by atoms with Crippen LogP contribution in [0.4, 0.5) is 15.8 Å². The van der Waals surface area contributed by atoms with Gasteiger partial charge in [0.2, 0.25) is 11.8 Å². The fraction of sp³-hybridized carbons (Fsp3) is 0.375. The summed E-state index contributed by atoms with van der Waals surface area (Å²) in [6, 6.07) is 11.0. The average Bonchev–Trinajstić information content (AvgIpc) is 3.34. The van der Waals surface area contributed by atoms with Crippen LogP contribution in [-0.4, -0.2) is 55.3 Å². The second kappa shape index (κ2) is 9.80. The fourth-order valence-electron chi connectivity index (χ4n) is 4.26. The Balaban J connectivity index is 1.40. The lowest BCUT2D eigenvalue weighted by Crippen LogP contribution is -2.44. The highest BCUT2D eigenvalue weighted by Gasteiger charge is 2.23. The number of fused-ring (bicyclic) bond motifs is 1. The van der Waals surface area contributed by atoms with Crippen molar-refractivity contribution in [2.24, 2.45) is 0 Å². The normalized spacial score (nSPS) is 15.3. The van der Waals surface area contributed by atoms with Gasteiger partial charge in [0, 0.05) is 36.6 Å². The molecule has 0 spiro atoms. The van der Waals surface area contributed by atoms with Crippen LogP contribution < -0.4 is 15.5 Å². The fourth-order valence-corrected chi connectivity index (χ4v) is 4.26. The van der Waals surface area contributed by atoms with E-state index in [0.717, 1.165) is 56.6 Å². The Hall–Kier alpha value is -3.42. The van der Waals surface area contributed by atoms with E-state index >= 15 is 0 Å². The maximum absolute atomic E-state index is 13.1. The second-order valence-corrected chi connectivity index (χ2v) is 8.15. The van der Waals surface area contributed by atoms with Crippen LogP contribution in [-0.2, 0) is 16.0 Å². The number of hydrogen-bond donors (Lipinski definition) is 2. The van der Waals surface area contributed by atoms with Gasteiger partial charge in [-0.2, -0.15) is 0 Å². The van der Waals surface area contributed by atoms with Crippen LogP contribution in [0.3, 0.4) is 0 Å². The number of rotatable bonds is 6. The molecule has 0 unspecified atom stereocenters. The van der Waals surface area contributed by atoms with Crippen LogP contribution in [0.25, 0.3) is 0 Å². The van der Waals surface area contributed by atoms with Gasteiger partial charge < -0.3 is 20.4 Å². The van der Waals surface area contributed by atoms with Gasteiger partial charge in [0.15, 0.2) is 0 Å². The number of amides is 3. The molecule has 2 aromatic carbocycles. The van der Waals surface area contributed by atoms with Crippen molar-refractivity contribution in [1.82, 2.24) is 10.2 Å². The van der Waals surface area contributed by atoms with Crippen LogP contribution in [0, 0.1) is 5.82 Å². The van der Waals surface area contributed by atoms with E-state index in [1.165, 1.54) is 24.3 Å². The number of nitrogens with zero attached hydrogens (tertiary/aromatic N) is 2. The molecule has 168 valence electrons. The smallest absolute Gasteiger partial charge is 0.255 e. The summed E-state index contributed by atoms with van der Waals surface area (Å²) in [6.07, 6.45) is 3.66. The minimum atomic E-state index is -0.394. The summed E-state index contributed by atoms with van der Waals surface area (Å²) in [5, 5.41) is 5.65. The molecule has 0 radical (unpaired) electrons. The predicted molar refractivity (Wildman–Crippen MR) is 120 cm³/mol. The number of nitrogens with one attached hydrogen (secondary N) is 2. The molecule has 2 aromatic rings. The third-order valence-corrected chi connectivity index (χ3v) is 5.93. The molecule has 3 amide bonds. The van der Waals surface area contributed by atoms with Crippen LogP contribution >= 0.6 is 0 Å². The lowest BCUT2D eigenvalue weighted by atomic mass is 9.99. The molecule has 0 atom stereocenters. The number of anilines is 2. The van der Waals surface area contributed by atoms with Gasteiger partial charge in [0.05, 0.1) is 13.1 Å². The average molecular weight is 439 g/mol. The van der Waals surface area contributed by atoms with E-state index in [2.05, 4.69) is 10.6 Å². The molecule has 0 aromatic heterocycles. The third kappa shape index (κ3) is 5.07. The van der Waals surface area contributed by atoms with Gasteiger partial charge in [-0.05, 0) is 67.6 Å². The molecule has 1 saturated heterocycles. The van der Waals surface area contributed by atoms with Crippen molar-refractivity contribution in [3.8, 4) is 0 Å². The number of carbonyl (C=O) groups is 3. The first kappa shape index (κ1) is 21.8. The summed E-state index contributed by atoms with van der Waals surface area (Å²) in [6.45, 7) is 2.42. The van der Waals surface area contributed by atoms with Crippen LogP contribution in [0.5, 0.6) is 0 Å². The molecule has 2 N–H and O–H groups in total. The summed E-state index contributed by atoms with van der Waals surface area (Å²) < 4.78 is 13.1. The molecule has 8 heteroatoms. The molecule has 32 heavy (non-hydrogen) atoms. The summed E-state index contributed by atoms with van der Waals surface area (Å²) >= 11 is 0. The van der Waals surface area contributed by atoms with Crippen molar-refractivity contribution in [2.75, 3.05) is 42.9 Å². The lowest BCUT2D eigenvalue weighted by Gasteiger charge is -2.32. The van der Waals surface area contributed by atoms with Crippen molar-refractivity contribution in [3.63, 3.8) is 0 Å². The SMILES string of the molecule is O=C(CN1CCCc2c(NC(=O)c3ccc(F)cc3)cccc21)NCC(=O)N1CCCC1. The van der Waals surface area contributed by atoms with Crippen molar-refractivity contribution < 1.29 is 18.8 Å². The van der Waals surface area contributed by atoms with Gasteiger partial charge in [-0.25, -0.2) is 4.39 Å². The zero-order valence-electron chi connectivity index (χ0n) is 17.9. The number of benzene rings is 2. The second-order valence-electron chi connectivity index (χ2n) is 8.15. The van der Waals surface area contributed by atoms with Crippen molar-refractivity contribution >= 4 is 29.1 Å². The number of halogens is 1. The highest BCUT2D eigenvalue weighted by Crippen LogP contribution is 2.33. The first-order chi connectivity index (χ1) is 15.5. The molecular formula is C24H27FN4O3. The molecule has 2 heterocycles. The zero-order chi connectivity index (χ0) is 22.5. The molecule has 4 rings (SSSR count). The monoisotopic (exact) mass is 438 g/mol. The van der Waals surface area contributed by atoms with Gasteiger partial charge in [-0.15, -0.1) is 0 Å². The van der Waals surface area contributed by atoms with Gasteiger partial charge >= 0.3 is 0 Å². The van der Waals surface area contributed by atoms with Gasteiger partial charge in [-0.3, -0.25) is 14.4 Å². The highest BCUT2D eigenvalue weighted by molar-refractivity contribution is 6.05. The first-order valence-electron chi connectivity index (χ1n) is 11.0. The van der Waals surface area contributed by atoms with E-state index in [4.69, 9.17) is 0 Å². The topological polar surface area (TPSA) is 81.8 Å². The molecular weight excluding hydrogens is 411 g/mol. The van der Waals surface area contributed by atoms with Gasteiger partial charge in [0.1, 0.15) is 5.82 Å². The number of hydrogen-bond acceptors (Lipinski definition) is 4. The Labute approximate surface area is 186 Å². The molecule has 2 aliphatic heterocycles. The molecule has 1 fully saturated rings. The molecule has 0 saturated carbocycles. The minimum absolute atomic E-state index is 0.0211. The standard InChI is InChI=1S/C24H27FN4O3/c25-18-10-8-17(9-11-18)24(32)27-20-6-3-7-21-19(20)5-4-14-29(21)16-22(30)26-15-23(31)28-12-1-2-13-28/h3,6-11H,1-2,4-5,12-16H2,(H,26,30)(H,27,32). The van der Waals surface area contributed by atoms with E-state index in [9.17, 15) is 18.8 Å². The summed E-state index contributed by atoms with van der Waals surface area (Å²) in [5.74, 6) is -0.949. The Morgan fingerprint density at radius 3 is 2.44 bits per heavy atom. The maximum Gasteiger partial charge on any atom is 0.255 e. The predicted octanol–water partition coefficient (Wildman–Crippen LogP) is 2.57. The largest absolute Gasteiger partial charge is 0.362 e. The van der Waals surface area contributed by atoms with E-state index < -0.39 is 5.82 Å². The van der Waals surface area contributed by atoms with Crippen LogP contribution in [0.2, 0.25) is 0 Å². The van der Waals surface area contributed by atoms with E-state index in [0.29, 0.717) is 11.3 Å². The van der Waals surface area contributed by atoms with Gasteiger partial charge in [-0.1, -0.05) is 6.07 Å². The summed E-state index contributed by atoms with van der Waals surface area (Å²) in [7, 11) is 0. The zero-order valence-corrected chi connectivity index (χ0v) is 17.9. The third-order valence-electron chi connectivity index (χ3n) is 5.93. The lowest BCUT2D eigenvalue weighted by molar-refractivity contribution is -0.131. The Morgan fingerprint density at radius 1 is 0.938 bits per heavy atom. The molecule has 2 aliphatic rings. The highest BCUT2D eigenvalue weighted by atomic mass is 19.1. The Bertz CT molecular complexity index is 1000. The van der Waals surface area contributed by atoms with Crippen molar-refractivity contribution in [3.05, 3.63) is 59.4 Å². The number of likely N-dealkylation sites (tertiary alicyclic amines) is 1. The number of carbonyl (C=O) groups excluding carboxylic acids is 3. The van der Waals surface area contributed by atoms with E-state index in [-0.39, 0.29) is 30.8 Å². The quantitative estimate of drug-likeness (QED) is 0.726. The minimum Gasteiger partial charge on any atom is -0.362 e. The van der Waals surface area contributed by atoms with Crippen molar-refractivity contribution in [2.45, 2.75) is 25.7 Å². The summed E-state index contributed by atoms with van der Waals surface area (Å²) in [5.41, 5.74) is 2.93. The van der Waals surface area contributed by atoms with Crippen molar-refractivity contribution in [1.29, 1.82) is 0 Å². The first-order valence-corrected chi connectivity index (χ1v) is 11.0. The van der Waals surface area contributed by atoms with E-state index in [1.807, 2.05) is 23.1 Å². The Morgan fingerprint density at radius 2 is 1.69 bits per heavy atom. The van der Waals surface area contributed by atoms with Crippen LogP contribution in [0.1, 0.15) is 35.2 Å². The van der Waals surface area contributed by atoms with Gasteiger partial charge in [0.25, 0.3) is 5.91 Å². The maximum atomic E-state index is 13.1. The molecule has 0 aliphatic carbocycles. The van der Waals surface area contributed by atoms with Crippen LogP contribution in [0.15, 0.2) is 42.5 Å². The summed E-state index contributed by atoms with van der Waals surface area (Å²) in [4.78, 5) is 41.0. The Kier molecular flexibility index (Phi) is 6.68.